The molecule has 0 aromatic carbocycles. The Morgan fingerprint density at radius 1 is 1.26 bits per heavy atom. The van der Waals surface area contributed by atoms with Gasteiger partial charge < -0.3 is 5.11 Å². The summed E-state index contributed by atoms with van der Waals surface area (Å²) in [6.45, 7) is 8.80. The number of hydrogen-bond acceptors (Lipinski definition) is 2. The van der Waals surface area contributed by atoms with Crippen LogP contribution < -0.4 is 0 Å². The van der Waals surface area contributed by atoms with E-state index in [2.05, 4.69) is 32.7 Å². The predicted octanol–water partition coefficient (Wildman–Crippen LogP) is 4.53. The number of nitrogens with zero attached hydrogens (tertiary/aromatic N) is 1. The Labute approximate surface area is 118 Å². The fourth-order valence-electron chi connectivity index (χ4n) is 2.82. The van der Waals surface area contributed by atoms with Crippen LogP contribution in [0.1, 0.15) is 65.4 Å². The van der Waals surface area contributed by atoms with Gasteiger partial charge in [-0.3, -0.25) is 4.98 Å². The van der Waals surface area contributed by atoms with Crippen molar-refractivity contribution in [3.63, 3.8) is 0 Å². The van der Waals surface area contributed by atoms with Crippen LogP contribution in [0, 0.1) is 11.8 Å². The van der Waals surface area contributed by atoms with Crippen LogP contribution in [0.25, 0.3) is 0 Å². The summed E-state index contributed by atoms with van der Waals surface area (Å²) < 4.78 is 0. The van der Waals surface area contributed by atoms with Crippen molar-refractivity contribution in [2.24, 2.45) is 11.8 Å². The summed E-state index contributed by atoms with van der Waals surface area (Å²) in [5.74, 6) is 1.20. The highest BCUT2D eigenvalue weighted by atomic mass is 16.3. The fourth-order valence-corrected chi connectivity index (χ4v) is 2.82. The molecule has 2 nitrogen and oxygen atoms in total. The van der Waals surface area contributed by atoms with Crippen LogP contribution in [-0.4, -0.2) is 10.1 Å². The molecule has 0 saturated heterocycles. The topological polar surface area (TPSA) is 33.1 Å². The van der Waals surface area contributed by atoms with Gasteiger partial charge in [-0.1, -0.05) is 46.6 Å². The van der Waals surface area contributed by atoms with Crippen molar-refractivity contribution in [1.29, 1.82) is 0 Å². The monoisotopic (exact) mass is 263 g/mol. The summed E-state index contributed by atoms with van der Waals surface area (Å²) in [6, 6.07) is 3.92. The largest absolute Gasteiger partial charge is 0.385 e. The van der Waals surface area contributed by atoms with E-state index in [1.165, 1.54) is 12.8 Å². The minimum atomic E-state index is -0.717. The highest BCUT2D eigenvalue weighted by molar-refractivity contribution is 5.18. The van der Waals surface area contributed by atoms with Gasteiger partial charge in [0, 0.05) is 18.0 Å². The highest BCUT2D eigenvalue weighted by Crippen LogP contribution is 2.34. The SMILES string of the molecule is CCC(CC)CCC(O)(CC(C)C)c1cccnc1. The van der Waals surface area contributed by atoms with E-state index < -0.39 is 5.60 Å². The average molecular weight is 263 g/mol. The Morgan fingerprint density at radius 2 is 1.95 bits per heavy atom. The molecule has 0 bridgehead atoms. The first-order valence-electron chi connectivity index (χ1n) is 7.64. The second kappa shape index (κ2) is 7.64. The zero-order chi connectivity index (χ0) is 14.3. The highest BCUT2D eigenvalue weighted by Gasteiger charge is 2.30. The van der Waals surface area contributed by atoms with Crippen molar-refractivity contribution in [3.05, 3.63) is 30.1 Å². The molecule has 0 aliphatic carbocycles. The van der Waals surface area contributed by atoms with Gasteiger partial charge in [0.15, 0.2) is 0 Å². The summed E-state index contributed by atoms with van der Waals surface area (Å²) >= 11 is 0. The Hall–Kier alpha value is -0.890. The van der Waals surface area contributed by atoms with E-state index in [0.717, 1.165) is 30.7 Å². The number of hydrogen-bond donors (Lipinski definition) is 1. The van der Waals surface area contributed by atoms with Gasteiger partial charge in [0.2, 0.25) is 0 Å². The molecule has 0 aliphatic rings. The lowest BCUT2D eigenvalue weighted by atomic mass is 9.80. The van der Waals surface area contributed by atoms with Crippen LogP contribution in [0.5, 0.6) is 0 Å². The fraction of sp³-hybridized carbons (Fsp3) is 0.706. The van der Waals surface area contributed by atoms with Crippen molar-refractivity contribution >= 4 is 0 Å². The molecule has 0 amide bonds. The molecular formula is C17H29NO. The smallest absolute Gasteiger partial charge is 0.0913 e. The molecule has 1 heterocycles. The van der Waals surface area contributed by atoms with E-state index in [1.54, 1.807) is 6.20 Å². The van der Waals surface area contributed by atoms with E-state index in [9.17, 15) is 5.11 Å². The van der Waals surface area contributed by atoms with E-state index in [-0.39, 0.29) is 0 Å². The number of pyridine rings is 1. The van der Waals surface area contributed by atoms with Crippen molar-refractivity contribution in [1.82, 2.24) is 4.98 Å². The van der Waals surface area contributed by atoms with E-state index >= 15 is 0 Å². The van der Waals surface area contributed by atoms with Crippen LogP contribution in [0.3, 0.4) is 0 Å². The molecule has 2 heteroatoms. The summed E-state index contributed by atoms with van der Waals surface area (Å²) in [5, 5.41) is 11.1. The van der Waals surface area contributed by atoms with Gasteiger partial charge in [-0.2, -0.15) is 0 Å². The number of aromatic nitrogens is 1. The standard InChI is InChI=1S/C17H29NO/c1-5-15(6-2)9-10-17(19,12-14(3)4)16-8-7-11-18-13-16/h7-8,11,13-15,19H,5-6,9-10,12H2,1-4H3. The van der Waals surface area contributed by atoms with Gasteiger partial charge in [0.05, 0.1) is 5.60 Å². The summed E-state index contributed by atoms with van der Waals surface area (Å²) in [5.41, 5.74) is 0.250. The first kappa shape index (κ1) is 16.2. The van der Waals surface area contributed by atoms with E-state index in [4.69, 9.17) is 0 Å². The molecule has 108 valence electrons. The van der Waals surface area contributed by atoms with Crippen LogP contribution in [0.2, 0.25) is 0 Å². The average Bonchev–Trinajstić information content (AvgIpc) is 2.40. The van der Waals surface area contributed by atoms with E-state index in [1.807, 2.05) is 18.3 Å². The molecule has 0 fully saturated rings. The van der Waals surface area contributed by atoms with Crippen molar-refractivity contribution in [2.75, 3.05) is 0 Å². The van der Waals surface area contributed by atoms with Crippen LogP contribution in [-0.2, 0) is 5.60 Å². The summed E-state index contributed by atoms with van der Waals surface area (Å²) in [4.78, 5) is 4.17. The van der Waals surface area contributed by atoms with Gasteiger partial charge in [-0.05, 0) is 37.2 Å². The minimum Gasteiger partial charge on any atom is -0.385 e. The first-order valence-corrected chi connectivity index (χ1v) is 7.64. The van der Waals surface area contributed by atoms with Gasteiger partial charge >= 0.3 is 0 Å². The molecule has 0 spiro atoms. The molecule has 1 rings (SSSR count). The van der Waals surface area contributed by atoms with Crippen LogP contribution in [0.15, 0.2) is 24.5 Å². The predicted molar refractivity (Wildman–Crippen MR) is 80.9 cm³/mol. The Morgan fingerprint density at radius 3 is 2.42 bits per heavy atom. The summed E-state index contributed by atoms with van der Waals surface area (Å²) in [6.07, 6.45) is 8.70. The maximum absolute atomic E-state index is 11.1. The zero-order valence-corrected chi connectivity index (χ0v) is 12.9. The maximum Gasteiger partial charge on any atom is 0.0913 e. The molecule has 1 aromatic heterocycles. The number of rotatable bonds is 8. The summed E-state index contributed by atoms with van der Waals surface area (Å²) in [7, 11) is 0. The van der Waals surface area contributed by atoms with Gasteiger partial charge in [0.1, 0.15) is 0 Å². The van der Waals surface area contributed by atoms with Gasteiger partial charge in [0.25, 0.3) is 0 Å². The molecule has 0 saturated carbocycles. The molecule has 19 heavy (non-hydrogen) atoms. The molecule has 1 N–H and O–H groups in total. The minimum absolute atomic E-state index is 0.479. The quantitative estimate of drug-likeness (QED) is 0.747. The lowest BCUT2D eigenvalue weighted by Crippen LogP contribution is -2.28. The third kappa shape index (κ3) is 4.94. The number of aliphatic hydroxyl groups is 1. The second-order valence-corrected chi connectivity index (χ2v) is 6.09. The van der Waals surface area contributed by atoms with Crippen molar-refractivity contribution in [2.45, 2.75) is 65.4 Å². The van der Waals surface area contributed by atoms with E-state index in [0.29, 0.717) is 5.92 Å². The third-order valence-corrected chi connectivity index (χ3v) is 4.07. The molecule has 1 unspecified atom stereocenters. The Balaban J connectivity index is 2.81. The second-order valence-electron chi connectivity index (χ2n) is 6.09. The van der Waals surface area contributed by atoms with Gasteiger partial charge in [-0.15, -0.1) is 0 Å². The molecule has 0 aliphatic heterocycles. The Kier molecular flexibility index (Phi) is 6.50. The van der Waals surface area contributed by atoms with Crippen molar-refractivity contribution < 1.29 is 5.11 Å². The van der Waals surface area contributed by atoms with Crippen molar-refractivity contribution in [3.8, 4) is 0 Å². The van der Waals surface area contributed by atoms with Crippen LogP contribution in [0.4, 0.5) is 0 Å². The third-order valence-electron chi connectivity index (χ3n) is 4.07. The normalized spacial score (nSPS) is 14.9. The maximum atomic E-state index is 11.1. The first-order chi connectivity index (χ1) is 9.01. The molecule has 0 radical (unpaired) electrons. The van der Waals surface area contributed by atoms with Crippen LogP contribution >= 0.6 is 0 Å². The zero-order valence-electron chi connectivity index (χ0n) is 12.9. The molecule has 1 aromatic rings. The molecule has 1 atom stereocenters. The van der Waals surface area contributed by atoms with Gasteiger partial charge in [-0.25, -0.2) is 0 Å². The lowest BCUT2D eigenvalue weighted by molar-refractivity contribution is 0.000246. The lowest BCUT2D eigenvalue weighted by Gasteiger charge is -2.31. The molecular weight excluding hydrogens is 234 g/mol. The Bertz CT molecular complexity index is 346.